The van der Waals surface area contributed by atoms with Crippen molar-refractivity contribution in [3.05, 3.63) is 77.9 Å². The fraction of sp³-hybridized carbons (Fsp3) is 0.111. The number of fused-ring (bicyclic) bond motifs is 1. The van der Waals surface area contributed by atoms with Crippen LogP contribution in [0.1, 0.15) is 17.0 Å². The van der Waals surface area contributed by atoms with Gasteiger partial charge in [0.1, 0.15) is 5.75 Å². The van der Waals surface area contributed by atoms with Gasteiger partial charge in [0.2, 0.25) is 0 Å². The first kappa shape index (κ1) is 13.1. The predicted molar refractivity (Wildman–Crippen MR) is 87.8 cm³/mol. The Hall–Kier alpha value is -1.93. The molecule has 0 saturated heterocycles. The average Bonchev–Trinajstić information content (AvgIpc) is 2.50. The van der Waals surface area contributed by atoms with Gasteiger partial charge < -0.3 is 5.11 Å². The van der Waals surface area contributed by atoms with Gasteiger partial charge in [-0.25, -0.2) is 0 Å². The van der Waals surface area contributed by atoms with E-state index in [-0.39, 0.29) is 5.92 Å². The Morgan fingerprint density at radius 2 is 1.55 bits per heavy atom. The summed E-state index contributed by atoms with van der Waals surface area (Å²) in [4.78, 5) is 0. The zero-order valence-corrected chi connectivity index (χ0v) is 11.9. The molecule has 0 spiro atoms. The third-order valence-electron chi connectivity index (χ3n) is 3.68. The first-order valence-electron chi connectivity index (χ1n) is 6.67. The van der Waals surface area contributed by atoms with Crippen molar-refractivity contribution in [3.63, 3.8) is 0 Å². The van der Waals surface area contributed by atoms with Crippen LogP contribution >= 0.6 is 12.6 Å². The Bertz CT molecular complexity index is 714. The smallest absolute Gasteiger partial charge is 0.115 e. The predicted octanol–water partition coefficient (Wildman–Crippen LogP) is 4.61. The van der Waals surface area contributed by atoms with Gasteiger partial charge in [-0.2, -0.15) is 12.6 Å². The van der Waals surface area contributed by atoms with E-state index in [1.807, 2.05) is 12.1 Å². The number of thiol groups is 1. The maximum Gasteiger partial charge on any atom is 0.115 e. The summed E-state index contributed by atoms with van der Waals surface area (Å²) in [6, 6.07) is 22.2. The summed E-state index contributed by atoms with van der Waals surface area (Å²) in [5.74, 6) is 1.26. The third kappa shape index (κ3) is 2.39. The highest BCUT2D eigenvalue weighted by atomic mass is 32.1. The lowest BCUT2D eigenvalue weighted by Gasteiger charge is -2.18. The van der Waals surface area contributed by atoms with Crippen molar-refractivity contribution in [1.82, 2.24) is 0 Å². The first-order chi connectivity index (χ1) is 9.79. The second kappa shape index (κ2) is 5.59. The fourth-order valence-corrected chi connectivity index (χ4v) is 3.05. The number of rotatable bonds is 3. The molecule has 0 radical (unpaired) electrons. The third-order valence-corrected chi connectivity index (χ3v) is 4.04. The molecule has 0 fully saturated rings. The quantitative estimate of drug-likeness (QED) is 0.671. The lowest BCUT2D eigenvalue weighted by Crippen LogP contribution is -2.03. The number of phenolic OH excluding ortho intramolecular Hbond substituents is 1. The lowest BCUT2D eigenvalue weighted by atomic mass is 9.89. The number of aromatic hydroxyl groups is 1. The maximum absolute atomic E-state index is 9.43. The molecule has 3 rings (SSSR count). The maximum atomic E-state index is 9.43. The molecule has 0 saturated carbocycles. The van der Waals surface area contributed by atoms with E-state index in [1.54, 1.807) is 12.1 Å². The molecule has 1 unspecified atom stereocenters. The number of benzene rings is 3. The number of hydrogen-bond acceptors (Lipinski definition) is 2. The van der Waals surface area contributed by atoms with Gasteiger partial charge in [-0.3, -0.25) is 0 Å². The Balaban J connectivity index is 2.14. The SMILES string of the molecule is Oc1ccc(C(CS)c2cccc3ccccc23)cc1. The molecule has 3 aromatic rings. The van der Waals surface area contributed by atoms with Gasteiger partial charge in [-0.15, -0.1) is 0 Å². The second-order valence-electron chi connectivity index (χ2n) is 4.90. The normalized spacial score (nSPS) is 12.4. The minimum absolute atomic E-state index is 0.227. The van der Waals surface area contributed by atoms with Crippen LogP contribution < -0.4 is 0 Å². The van der Waals surface area contributed by atoms with Gasteiger partial charge in [0.15, 0.2) is 0 Å². The molecular weight excluding hydrogens is 264 g/mol. The number of phenols is 1. The first-order valence-corrected chi connectivity index (χ1v) is 7.30. The van der Waals surface area contributed by atoms with E-state index in [0.29, 0.717) is 5.75 Å². The monoisotopic (exact) mass is 280 g/mol. The molecule has 100 valence electrons. The van der Waals surface area contributed by atoms with E-state index in [2.05, 4.69) is 55.1 Å². The van der Waals surface area contributed by atoms with Crippen LogP contribution in [0.25, 0.3) is 10.8 Å². The molecule has 0 aliphatic carbocycles. The highest BCUT2D eigenvalue weighted by molar-refractivity contribution is 7.80. The van der Waals surface area contributed by atoms with E-state index in [9.17, 15) is 5.11 Å². The zero-order valence-electron chi connectivity index (χ0n) is 11.0. The van der Waals surface area contributed by atoms with Crippen molar-refractivity contribution in [2.75, 3.05) is 5.75 Å². The number of hydrogen-bond donors (Lipinski definition) is 2. The van der Waals surface area contributed by atoms with Crippen molar-refractivity contribution in [2.45, 2.75) is 5.92 Å². The van der Waals surface area contributed by atoms with Crippen LogP contribution in [0.3, 0.4) is 0 Å². The van der Waals surface area contributed by atoms with Gasteiger partial charge in [-0.05, 0) is 34.0 Å². The molecule has 0 amide bonds. The van der Waals surface area contributed by atoms with Crippen molar-refractivity contribution >= 4 is 23.4 Å². The summed E-state index contributed by atoms with van der Waals surface area (Å²) >= 11 is 4.53. The van der Waals surface area contributed by atoms with Crippen LogP contribution in [0.5, 0.6) is 5.75 Å². The molecule has 2 heteroatoms. The van der Waals surface area contributed by atoms with Crippen LogP contribution in [-0.2, 0) is 0 Å². The highest BCUT2D eigenvalue weighted by Gasteiger charge is 2.15. The molecule has 0 heterocycles. The van der Waals surface area contributed by atoms with Crippen molar-refractivity contribution in [3.8, 4) is 5.75 Å². The molecule has 1 N–H and O–H groups in total. The Morgan fingerprint density at radius 1 is 0.850 bits per heavy atom. The minimum Gasteiger partial charge on any atom is -0.508 e. The molecule has 1 nitrogen and oxygen atoms in total. The molecule has 0 aromatic heterocycles. The van der Waals surface area contributed by atoms with Gasteiger partial charge in [0, 0.05) is 11.7 Å². The summed E-state index contributed by atoms with van der Waals surface area (Å²) < 4.78 is 0. The minimum atomic E-state index is 0.227. The van der Waals surface area contributed by atoms with Gasteiger partial charge in [-0.1, -0.05) is 54.6 Å². The molecule has 0 aliphatic rings. The van der Waals surface area contributed by atoms with Crippen LogP contribution in [0.15, 0.2) is 66.7 Å². The van der Waals surface area contributed by atoms with Crippen LogP contribution in [0.4, 0.5) is 0 Å². The van der Waals surface area contributed by atoms with Crippen LogP contribution in [0, 0.1) is 0 Å². The summed E-state index contributed by atoms with van der Waals surface area (Å²) in [5, 5.41) is 11.9. The van der Waals surface area contributed by atoms with Crippen LogP contribution in [-0.4, -0.2) is 10.9 Å². The van der Waals surface area contributed by atoms with Crippen molar-refractivity contribution in [1.29, 1.82) is 0 Å². The molecule has 3 aromatic carbocycles. The van der Waals surface area contributed by atoms with Gasteiger partial charge in [0.05, 0.1) is 0 Å². The average molecular weight is 280 g/mol. The largest absolute Gasteiger partial charge is 0.508 e. The zero-order chi connectivity index (χ0) is 13.9. The summed E-state index contributed by atoms with van der Waals surface area (Å²) in [7, 11) is 0. The standard InChI is InChI=1S/C18H16OS/c19-15-10-8-14(9-11-15)18(12-20)17-7-3-5-13-4-1-2-6-16(13)17/h1-11,18-20H,12H2. The highest BCUT2D eigenvalue weighted by Crippen LogP contribution is 2.32. The van der Waals surface area contributed by atoms with E-state index >= 15 is 0 Å². The fourth-order valence-electron chi connectivity index (χ4n) is 2.64. The molecule has 0 aliphatic heterocycles. The Morgan fingerprint density at radius 3 is 2.30 bits per heavy atom. The van der Waals surface area contributed by atoms with E-state index < -0.39 is 0 Å². The molecule has 0 bridgehead atoms. The van der Waals surface area contributed by atoms with E-state index in [0.717, 1.165) is 5.75 Å². The lowest BCUT2D eigenvalue weighted by molar-refractivity contribution is 0.475. The molecule has 20 heavy (non-hydrogen) atoms. The summed E-state index contributed by atoms with van der Waals surface area (Å²) in [5.41, 5.74) is 2.46. The van der Waals surface area contributed by atoms with Gasteiger partial charge >= 0.3 is 0 Å². The topological polar surface area (TPSA) is 20.2 Å². The Labute approximate surface area is 124 Å². The summed E-state index contributed by atoms with van der Waals surface area (Å²) in [6.45, 7) is 0. The van der Waals surface area contributed by atoms with Crippen molar-refractivity contribution < 1.29 is 5.11 Å². The molecule has 1 atom stereocenters. The summed E-state index contributed by atoms with van der Waals surface area (Å²) in [6.07, 6.45) is 0. The van der Waals surface area contributed by atoms with Gasteiger partial charge in [0.25, 0.3) is 0 Å². The van der Waals surface area contributed by atoms with Crippen molar-refractivity contribution in [2.24, 2.45) is 0 Å². The van der Waals surface area contributed by atoms with E-state index in [1.165, 1.54) is 21.9 Å². The van der Waals surface area contributed by atoms with Crippen LogP contribution in [0.2, 0.25) is 0 Å². The molecular formula is C18H16OS. The van der Waals surface area contributed by atoms with E-state index in [4.69, 9.17) is 0 Å². The second-order valence-corrected chi connectivity index (χ2v) is 5.26. The Kier molecular flexibility index (Phi) is 3.66.